The third-order valence-corrected chi connectivity index (χ3v) is 4.64. The molecule has 0 unspecified atom stereocenters. The van der Waals surface area contributed by atoms with E-state index in [1.807, 2.05) is 0 Å². The molecule has 4 nitrogen and oxygen atoms in total. The average Bonchev–Trinajstić information content (AvgIpc) is 2.56. The topological polar surface area (TPSA) is 46.1 Å². The van der Waals surface area contributed by atoms with Crippen LogP contribution in [0.4, 0.5) is 8.78 Å². The number of benzene rings is 1. The lowest BCUT2D eigenvalue weighted by Crippen LogP contribution is -2.39. The van der Waals surface area contributed by atoms with Crippen LogP contribution >= 0.6 is 11.6 Å². The number of aromatic nitrogens is 2. The van der Waals surface area contributed by atoms with Gasteiger partial charge in [0.1, 0.15) is 11.6 Å². The van der Waals surface area contributed by atoms with Crippen LogP contribution in [0.5, 0.6) is 0 Å². The zero-order chi connectivity index (χ0) is 17.8. The Morgan fingerprint density at radius 1 is 1.12 bits per heavy atom. The highest BCUT2D eigenvalue weighted by Crippen LogP contribution is 2.23. The summed E-state index contributed by atoms with van der Waals surface area (Å²) in [7, 11) is 0. The summed E-state index contributed by atoms with van der Waals surface area (Å²) in [5.41, 5.74) is 1.26. The fraction of sp³-hybridized carbons (Fsp3) is 0.389. The lowest BCUT2D eigenvalue weighted by atomic mass is 9.90. The maximum atomic E-state index is 13.3. The molecule has 1 amide bonds. The number of piperidine rings is 1. The van der Waals surface area contributed by atoms with Gasteiger partial charge in [0.25, 0.3) is 0 Å². The van der Waals surface area contributed by atoms with Gasteiger partial charge in [-0.2, -0.15) is 5.10 Å². The van der Waals surface area contributed by atoms with E-state index in [4.69, 9.17) is 11.6 Å². The van der Waals surface area contributed by atoms with Gasteiger partial charge < -0.3 is 4.90 Å². The van der Waals surface area contributed by atoms with E-state index in [0.717, 1.165) is 18.9 Å². The SMILES string of the molecule is O=C(Cc1ccc(Cl)nn1)N1CCC(Cc2cc(F)cc(F)c2)CC1. The number of hydrogen-bond acceptors (Lipinski definition) is 3. The van der Waals surface area contributed by atoms with Crippen LogP contribution < -0.4 is 0 Å². The van der Waals surface area contributed by atoms with Gasteiger partial charge >= 0.3 is 0 Å². The lowest BCUT2D eigenvalue weighted by Gasteiger charge is -2.32. The molecular weight excluding hydrogens is 348 g/mol. The maximum absolute atomic E-state index is 13.3. The first-order valence-electron chi connectivity index (χ1n) is 8.20. The fourth-order valence-corrected chi connectivity index (χ4v) is 3.25. The molecule has 1 aromatic carbocycles. The summed E-state index contributed by atoms with van der Waals surface area (Å²) in [5.74, 6) is -0.772. The maximum Gasteiger partial charge on any atom is 0.228 e. The van der Waals surface area contributed by atoms with Crippen LogP contribution in [-0.4, -0.2) is 34.1 Å². The van der Waals surface area contributed by atoms with Gasteiger partial charge in [-0.1, -0.05) is 11.6 Å². The normalized spacial score (nSPS) is 15.4. The predicted octanol–water partition coefficient (Wildman–Crippen LogP) is 3.43. The number of halogens is 3. The van der Waals surface area contributed by atoms with Crippen molar-refractivity contribution < 1.29 is 13.6 Å². The number of carbonyl (C=O) groups is 1. The van der Waals surface area contributed by atoms with Crippen molar-refractivity contribution in [3.63, 3.8) is 0 Å². The molecule has 132 valence electrons. The van der Waals surface area contributed by atoms with Crippen molar-refractivity contribution in [2.24, 2.45) is 5.92 Å². The molecule has 0 atom stereocenters. The average molecular weight is 366 g/mol. The summed E-state index contributed by atoms with van der Waals surface area (Å²) in [5, 5.41) is 7.93. The van der Waals surface area contributed by atoms with Gasteiger partial charge in [0.2, 0.25) is 5.91 Å². The molecule has 1 aliphatic heterocycles. The molecule has 0 radical (unpaired) electrons. The quantitative estimate of drug-likeness (QED) is 0.834. The molecular formula is C18H18ClF2N3O. The van der Waals surface area contributed by atoms with Crippen LogP contribution in [0.3, 0.4) is 0 Å². The molecule has 0 aliphatic carbocycles. The Balaban J connectivity index is 1.51. The second-order valence-corrected chi connectivity index (χ2v) is 6.72. The molecule has 2 aromatic rings. The van der Waals surface area contributed by atoms with Crippen LogP contribution in [0.15, 0.2) is 30.3 Å². The molecule has 25 heavy (non-hydrogen) atoms. The van der Waals surface area contributed by atoms with Crippen LogP contribution in [0.25, 0.3) is 0 Å². The van der Waals surface area contributed by atoms with Gasteiger partial charge in [-0.3, -0.25) is 4.79 Å². The van der Waals surface area contributed by atoms with Gasteiger partial charge in [-0.15, -0.1) is 5.10 Å². The van der Waals surface area contributed by atoms with Crippen molar-refractivity contribution >= 4 is 17.5 Å². The van der Waals surface area contributed by atoms with Gasteiger partial charge in [0.05, 0.1) is 12.1 Å². The Morgan fingerprint density at radius 3 is 2.40 bits per heavy atom. The molecule has 3 rings (SSSR count). The van der Waals surface area contributed by atoms with Crippen molar-refractivity contribution in [2.75, 3.05) is 13.1 Å². The number of carbonyl (C=O) groups excluding carboxylic acids is 1. The van der Waals surface area contributed by atoms with E-state index in [0.29, 0.717) is 41.8 Å². The number of nitrogens with zero attached hydrogens (tertiary/aromatic N) is 3. The molecule has 7 heteroatoms. The van der Waals surface area contributed by atoms with E-state index in [1.54, 1.807) is 17.0 Å². The lowest BCUT2D eigenvalue weighted by molar-refractivity contribution is -0.131. The Labute approximate surface area is 149 Å². The summed E-state index contributed by atoms with van der Waals surface area (Å²) < 4.78 is 26.5. The molecule has 1 fully saturated rings. The highest BCUT2D eigenvalue weighted by atomic mass is 35.5. The largest absolute Gasteiger partial charge is 0.342 e. The molecule has 1 aliphatic rings. The summed E-state index contributed by atoms with van der Waals surface area (Å²) in [6.07, 6.45) is 2.45. The first-order valence-corrected chi connectivity index (χ1v) is 8.58. The summed E-state index contributed by atoms with van der Waals surface area (Å²) in [4.78, 5) is 14.1. The van der Waals surface area contributed by atoms with Crippen LogP contribution in [-0.2, 0) is 17.6 Å². The second kappa shape index (κ2) is 7.87. The third kappa shape index (κ3) is 4.95. The zero-order valence-electron chi connectivity index (χ0n) is 13.6. The smallest absolute Gasteiger partial charge is 0.228 e. The second-order valence-electron chi connectivity index (χ2n) is 6.33. The van der Waals surface area contributed by atoms with Gasteiger partial charge in [0, 0.05) is 19.2 Å². The van der Waals surface area contributed by atoms with Crippen molar-refractivity contribution in [3.8, 4) is 0 Å². The van der Waals surface area contributed by atoms with Crippen molar-refractivity contribution in [1.29, 1.82) is 0 Å². The molecule has 0 N–H and O–H groups in total. The van der Waals surface area contributed by atoms with Crippen molar-refractivity contribution in [3.05, 3.63) is 58.4 Å². The van der Waals surface area contributed by atoms with E-state index < -0.39 is 11.6 Å². The van der Waals surface area contributed by atoms with E-state index in [9.17, 15) is 13.6 Å². The summed E-state index contributed by atoms with van der Waals surface area (Å²) >= 11 is 5.68. The van der Waals surface area contributed by atoms with E-state index in [1.165, 1.54) is 12.1 Å². The Bertz CT molecular complexity index is 726. The third-order valence-electron chi connectivity index (χ3n) is 4.43. The number of hydrogen-bond donors (Lipinski definition) is 0. The Morgan fingerprint density at radius 2 is 1.80 bits per heavy atom. The highest BCUT2D eigenvalue weighted by Gasteiger charge is 2.23. The highest BCUT2D eigenvalue weighted by molar-refractivity contribution is 6.29. The monoisotopic (exact) mass is 365 g/mol. The minimum Gasteiger partial charge on any atom is -0.342 e. The predicted molar refractivity (Wildman–Crippen MR) is 90.1 cm³/mol. The number of amides is 1. The molecule has 0 saturated carbocycles. The Hall–Kier alpha value is -2.08. The van der Waals surface area contributed by atoms with E-state index in [2.05, 4.69) is 10.2 Å². The van der Waals surface area contributed by atoms with Gasteiger partial charge in [-0.25, -0.2) is 8.78 Å². The van der Waals surface area contributed by atoms with E-state index >= 15 is 0 Å². The zero-order valence-corrected chi connectivity index (χ0v) is 14.3. The van der Waals surface area contributed by atoms with Crippen LogP contribution in [0.2, 0.25) is 5.15 Å². The first kappa shape index (κ1) is 17.7. The minimum atomic E-state index is -0.549. The number of likely N-dealkylation sites (tertiary alicyclic amines) is 1. The fourth-order valence-electron chi connectivity index (χ4n) is 3.15. The van der Waals surface area contributed by atoms with Gasteiger partial charge in [0.15, 0.2) is 5.15 Å². The minimum absolute atomic E-state index is 0.00636. The Kier molecular flexibility index (Phi) is 5.58. The molecule has 0 bridgehead atoms. The van der Waals surface area contributed by atoms with Crippen LogP contribution in [0, 0.1) is 17.6 Å². The van der Waals surface area contributed by atoms with Crippen LogP contribution in [0.1, 0.15) is 24.1 Å². The van der Waals surface area contributed by atoms with E-state index in [-0.39, 0.29) is 12.3 Å². The molecule has 0 spiro atoms. The molecule has 1 aromatic heterocycles. The number of rotatable bonds is 4. The standard InChI is InChI=1S/C18H18ClF2N3O/c19-17-2-1-16(22-23-17)11-18(25)24-5-3-12(4-6-24)7-13-8-14(20)10-15(21)9-13/h1-2,8-10,12H,3-7,11H2. The molecule has 2 heterocycles. The van der Waals surface area contributed by atoms with Crippen molar-refractivity contribution in [1.82, 2.24) is 15.1 Å². The summed E-state index contributed by atoms with van der Waals surface area (Å²) in [6.45, 7) is 1.28. The van der Waals surface area contributed by atoms with Crippen molar-refractivity contribution in [2.45, 2.75) is 25.7 Å². The summed E-state index contributed by atoms with van der Waals surface area (Å²) in [6, 6.07) is 6.93. The van der Waals surface area contributed by atoms with Gasteiger partial charge in [-0.05, 0) is 55.0 Å². The first-order chi connectivity index (χ1) is 12.0. The molecule has 1 saturated heterocycles.